The second-order valence-corrected chi connectivity index (χ2v) is 4.89. The minimum absolute atomic E-state index is 0.0309. The summed E-state index contributed by atoms with van der Waals surface area (Å²) in [6, 6.07) is 6.66. The van der Waals surface area contributed by atoms with E-state index in [-0.39, 0.29) is 6.61 Å². The van der Waals surface area contributed by atoms with Gasteiger partial charge in [-0.15, -0.1) is 0 Å². The fourth-order valence-corrected chi connectivity index (χ4v) is 2.04. The van der Waals surface area contributed by atoms with Crippen LogP contribution in [0, 0.1) is 0 Å². The Morgan fingerprint density at radius 3 is 2.70 bits per heavy atom. The highest BCUT2D eigenvalue weighted by molar-refractivity contribution is 5.34. The lowest BCUT2D eigenvalue weighted by Gasteiger charge is -2.08. The van der Waals surface area contributed by atoms with E-state index < -0.39 is 6.01 Å². The van der Waals surface area contributed by atoms with Crippen molar-refractivity contribution >= 4 is 0 Å². The third-order valence-electron chi connectivity index (χ3n) is 3.17. The molecule has 0 saturated carbocycles. The standard InChI is InChI=1S/C17H25FO2/c1-2-3-4-5-6-7-12-17(18)20-16-11-9-8-10-15(16)13-14-19/h8-12,19H,2-7,13-14H2,1H3/b17-12+. The van der Waals surface area contributed by atoms with Crippen molar-refractivity contribution in [2.45, 2.75) is 51.9 Å². The van der Waals surface area contributed by atoms with E-state index in [1.165, 1.54) is 25.3 Å². The molecule has 3 heteroatoms. The van der Waals surface area contributed by atoms with Crippen LogP contribution in [0.4, 0.5) is 4.39 Å². The quantitative estimate of drug-likeness (QED) is 0.494. The van der Waals surface area contributed by atoms with Gasteiger partial charge in [-0.2, -0.15) is 4.39 Å². The molecule has 0 bridgehead atoms. The molecule has 112 valence electrons. The van der Waals surface area contributed by atoms with Gasteiger partial charge in [0, 0.05) is 6.61 Å². The minimum atomic E-state index is -0.550. The van der Waals surface area contributed by atoms with Crippen LogP contribution in [-0.2, 0) is 6.42 Å². The zero-order chi connectivity index (χ0) is 14.6. The molecule has 0 aliphatic heterocycles. The normalized spacial score (nSPS) is 11.7. The van der Waals surface area contributed by atoms with Crippen molar-refractivity contribution in [1.82, 2.24) is 0 Å². The molecule has 0 fully saturated rings. The number of hydrogen-bond acceptors (Lipinski definition) is 2. The van der Waals surface area contributed by atoms with Crippen molar-refractivity contribution < 1.29 is 14.2 Å². The number of unbranched alkanes of at least 4 members (excludes halogenated alkanes) is 5. The molecule has 1 rings (SSSR count). The van der Waals surface area contributed by atoms with Gasteiger partial charge in [-0.3, -0.25) is 0 Å². The highest BCUT2D eigenvalue weighted by Gasteiger charge is 2.05. The third-order valence-corrected chi connectivity index (χ3v) is 3.17. The molecule has 0 atom stereocenters. The number of para-hydroxylation sites is 1. The van der Waals surface area contributed by atoms with E-state index in [9.17, 15) is 4.39 Å². The van der Waals surface area contributed by atoms with Crippen molar-refractivity contribution in [3.8, 4) is 5.75 Å². The maximum Gasteiger partial charge on any atom is 0.274 e. The number of allylic oxidation sites excluding steroid dienone is 1. The summed E-state index contributed by atoms with van der Waals surface area (Å²) in [4.78, 5) is 0. The zero-order valence-corrected chi connectivity index (χ0v) is 12.3. The molecule has 2 nitrogen and oxygen atoms in total. The molecule has 0 unspecified atom stereocenters. The Bertz CT molecular complexity index is 402. The largest absolute Gasteiger partial charge is 0.432 e. The van der Waals surface area contributed by atoms with Gasteiger partial charge in [0.25, 0.3) is 6.01 Å². The number of aliphatic hydroxyl groups excluding tert-OH is 1. The molecule has 0 amide bonds. The van der Waals surface area contributed by atoms with E-state index in [2.05, 4.69) is 6.92 Å². The summed E-state index contributed by atoms with van der Waals surface area (Å²) in [7, 11) is 0. The van der Waals surface area contributed by atoms with Crippen molar-refractivity contribution in [3.05, 3.63) is 41.9 Å². The summed E-state index contributed by atoms with van der Waals surface area (Å²) in [5, 5.41) is 8.96. The van der Waals surface area contributed by atoms with Crippen molar-refractivity contribution in [2.75, 3.05) is 6.61 Å². The predicted octanol–water partition coefficient (Wildman–Crippen LogP) is 4.77. The van der Waals surface area contributed by atoms with Crippen LogP contribution in [0.25, 0.3) is 0 Å². The van der Waals surface area contributed by atoms with Crippen LogP contribution in [0.2, 0.25) is 0 Å². The summed E-state index contributed by atoms with van der Waals surface area (Å²) < 4.78 is 18.9. The summed E-state index contributed by atoms with van der Waals surface area (Å²) in [5.74, 6) is 0.487. The van der Waals surface area contributed by atoms with E-state index in [4.69, 9.17) is 9.84 Å². The maximum atomic E-state index is 13.7. The first kappa shape index (κ1) is 16.7. The predicted molar refractivity (Wildman–Crippen MR) is 80.4 cm³/mol. The molecule has 0 saturated heterocycles. The molecule has 0 aromatic heterocycles. The van der Waals surface area contributed by atoms with Gasteiger partial charge in [0.05, 0.1) is 0 Å². The molecule has 0 radical (unpaired) electrons. The summed E-state index contributed by atoms with van der Waals surface area (Å²) in [5.41, 5.74) is 0.821. The lowest BCUT2D eigenvalue weighted by atomic mass is 10.1. The smallest absolute Gasteiger partial charge is 0.274 e. The van der Waals surface area contributed by atoms with Crippen molar-refractivity contribution in [2.24, 2.45) is 0 Å². The first-order valence-electron chi connectivity index (χ1n) is 7.50. The molecule has 0 aliphatic rings. The molecule has 20 heavy (non-hydrogen) atoms. The molecule has 1 aromatic carbocycles. The van der Waals surface area contributed by atoms with Gasteiger partial charge in [0.2, 0.25) is 0 Å². The Hall–Kier alpha value is -1.35. The summed E-state index contributed by atoms with van der Waals surface area (Å²) in [6.45, 7) is 2.21. The van der Waals surface area contributed by atoms with Crippen LogP contribution in [0.5, 0.6) is 5.75 Å². The van der Waals surface area contributed by atoms with Crippen LogP contribution in [0.15, 0.2) is 36.4 Å². The molecule has 0 aliphatic carbocycles. The van der Waals surface area contributed by atoms with Crippen LogP contribution in [0.3, 0.4) is 0 Å². The van der Waals surface area contributed by atoms with Crippen LogP contribution in [-0.4, -0.2) is 11.7 Å². The summed E-state index contributed by atoms with van der Waals surface area (Å²) >= 11 is 0. The fourth-order valence-electron chi connectivity index (χ4n) is 2.04. The lowest BCUT2D eigenvalue weighted by Crippen LogP contribution is -1.97. The average molecular weight is 280 g/mol. The van der Waals surface area contributed by atoms with E-state index in [0.29, 0.717) is 18.6 Å². The lowest BCUT2D eigenvalue weighted by molar-refractivity contribution is 0.282. The van der Waals surface area contributed by atoms with Gasteiger partial charge in [-0.05, 0) is 37.0 Å². The third kappa shape index (κ3) is 6.71. The van der Waals surface area contributed by atoms with Gasteiger partial charge < -0.3 is 9.84 Å². The topological polar surface area (TPSA) is 29.5 Å². The molecular formula is C17H25FO2. The van der Waals surface area contributed by atoms with Crippen LogP contribution >= 0.6 is 0 Å². The maximum absolute atomic E-state index is 13.7. The van der Waals surface area contributed by atoms with E-state index in [0.717, 1.165) is 18.4 Å². The number of rotatable bonds is 10. The number of halogens is 1. The van der Waals surface area contributed by atoms with E-state index in [1.807, 2.05) is 12.1 Å². The van der Waals surface area contributed by atoms with Gasteiger partial charge in [-0.25, -0.2) is 0 Å². The number of aliphatic hydroxyl groups is 1. The monoisotopic (exact) mass is 280 g/mol. The Morgan fingerprint density at radius 2 is 1.95 bits per heavy atom. The number of ether oxygens (including phenoxy) is 1. The molecular weight excluding hydrogens is 255 g/mol. The molecule has 0 spiro atoms. The SMILES string of the molecule is CCCCCCC/C=C(\F)Oc1ccccc1CCO. The summed E-state index contributed by atoms with van der Waals surface area (Å²) in [6.07, 6.45) is 8.49. The van der Waals surface area contributed by atoms with Crippen LogP contribution < -0.4 is 4.74 Å². The minimum Gasteiger partial charge on any atom is -0.432 e. The van der Waals surface area contributed by atoms with Gasteiger partial charge >= 0.3 is 0 Å². The Balaban J connectivity index is 2.39. The van der Waals surface area contributed by atoms with E-state index >= 15 is 0 Å². The first-order chi connectivity index (χ1) is 9.77. The first-order valence-corrected chi connectivity index (χ1v) is 7.50. The van der Waals surface area contributed by atoms with E-state index in [1.54, 1.807) is 12.1 Å². The second-order valence-electron chi connectivity index (χ2n) is 4.89. The van der Waals surface area contributed by atoms with Gasteiger partial charge in [0.1, 0.15) is 5.75 Å². The second kappa shape index (κ2) is 10.4. The Kier molecular flexibility index (Phi) is 8.72. The molecule has 1 N–H and O–H groups in total. The van der Waals surface area contributed by atoms with Crippen molar-refractivity contribution in [3.63, 3.8) is 0 Å². The van der Waals surface area contributed by atoms with Crippen LogP contribution in [0.1, 0.15) is 51.0 Å². The van der Waals surface area contributed by atoms with Gasteiger partial charge in [-0.1, -0.05) is 50.8 Å². The molecule has 0 heterocycles. The van der Waals surface area contributed by atoms with Gasteiger partial charge in [0.15, 0.2) is 0 Å². The average Bonchev–Trinajstić information content (AvgIpc) is 2.45. The number of hydrogen-bond donors (Lipinski definition) is 1. The Labute approximate surface area is 121 Å². The van der Waals surface area contributed by atoms with Crippen molar-refractivity contribution in [1.29, 1.82) is 0 Å². The highest BCUT2D eigenvalue weighted by atomic mass is 19.1. The Morgan fingerprint density at radius 1 is 1.20 bits per heavy atom. The fraction of sp³-hybridized carbons (Fsp3) is 0.529. The number of benzene rings is 1. The molecule has 1 aromatic rings. The zero-order valence-electron chi connectivity index (χ0n) is 12.3. The highest BCUT2D eigenvalue weighted by Crippen LogP contribution is 2.21.